The van der Waals surface area contributed by atoms with Crippen molar-refractivity contribution in [2.24, 2.45) is 0 Å². The summed E-state index contributed by atoms with van der Waals surface area (Å²) >= 11 is 6.78. The van der Waals surface area contributed by atoms with E-state index in [1.807, 2.05) is 49.3 Å². The summed E-state index contributed by atoms with van der Waals surface area (Å²) in [6.45, 7) is 0.322. The smallest absolute Gasteiger partial charge is 0.227 e. The van der Waals surface area contributed by atoms with Crippen molar-refractivity contribution in [2.75, 3.05) is 14.1 Å². The summed E-state index contributed by atoms with van der Waals surface area (Å²) in [4.78, 5) is 1.86. The van der Waals surface area contributed by atoms with E-state index in [4.69, 9.17) is 21.7 Å². The van der Waals surface area contributed by atoms with Crippen LogP contribution in [-0.2, 0) is 17.1 Å². The van der Waals surface area contributed by atoms with E-state index in [-0.39, 0.29) is 5.82 Å². The summed E-state index contributed by atoms with van der Waals surface area (Å²) in [7, 11) is 3.79. The third-order valence-electron chi connectivity index (χ3n) is 3.61. The van der Waals surface area contributed by atoms with Crippen molar-refractivity contribution in [3.63, 3.8) is 0 Å². The van der Waals surface area contributed by atoms with Gasteiger partial charge in [-0.1, -0.05) is 54.3 Å². The molecule has 0 saturated carbocycles. The predicted molar refractivity (Wildman–Crippen MR) is 98.6 cm³/mol. The number of nitrogens with zero attached hydrogens (tertiary/aromatic N) is 1. The summed E-state index contributed by atoms with van der Waals surface area (Å²) in [6.07, 6.45) is -0.478. The molecule has 1 atom stereocenters. The molecule has 0 spiro atoms. The lowest BCUT2D eigenvalue weighted by molar-refractivity contribution is -0.112. The maximum atomic E-state index is 13.9. The van der Waals surface area contributed by atoms with Crippen LogP contribution in [0.4, 0.5) is 4.39 Å². The molecule has 1 aliphatic rings. The molecule has 0 radical (unpaired) electrons. The zero-order valence-electron chi connectivity index (χ0n) is 13.5. The normalized spacial score (nSPS) is 16.2. The van der Waals surface area contributed by atoms with Crippen molar-refractivity contribution in [3.8, 4) is 5.75 Å². The zero-order chi connectivity index (χ0) is 17.1. The van der Waals surface area contributed by atoms with Crippen LogP contribution in [0, 0.1) is 5.82 Å². The van der Waals surface area contributed by atoms with E-state index in [0.717, 1.165) is 21.0 Å². The number of rotatable bonds is 3. The number of hydrogen-bond donors (Lipinski definition) is 0. The molecule has 1 aliphatic heterocycles. The van der Waals surface area contributed by atoms with E-state index < -0.39 is 6.29 Å². The number of ether oxygens (including phenoxy) is 2. The molecular formula is C18H18FNO2S2. The summed E-state index contributed by atoms with van der Waals surface area (Å²) in [5.41, 5.74) is 2.46. The van der Waals surface area contributed by atoms with Crippen LogP contribution in [0.5, 0.6) is 5.75 Å². The van der Waals surface area contributed by atoms with E-state index in [1.54, 1.807) is 0 Å². The lowest BCUT2D eigenvalue weighted by atomic mass is 10.1. The quantitative estimate of drug-likeness (QED) is 0.746. The van der Waals surface area contributed by atoms with Crippen LogP contribution in [0.3, 0.4) is 0 Å². The summed E-state index contributed by atoms with van der Waals surface area (Å²) in [5.74, 6) is 0.967. The third kappa shape index (κ3) is 3.88. The fraction of sp³-hybridized carbons (Fsp3) is 0.278. The molecule has 6 heteroatoms. The highest BCUT2D eigenvalue weighted by atomic mass is 32.2. The van der Waals surface area contributed by atoms with E-state index in [1.165, 1.54) is 23.9 Å². The van der Waals surface area contributed by atoms with Gasteiger partial charge in [0.2, 0.25) is 6.29 Å². The largest absolute Gasteiger partial charge is 0.460 e. The molecule has 0 N–H and O–H groups in total. The topological polar surface area (TPSA) is 21.7 Å². The third-order valence-corrected chi connectivity index (χ3v) is 5.40. The second-order valence-electron chi connectivity index (χ2n) is 5.67. The molecular weight excluding hydrogens is 345 g/mol. The van der Waals surface area contributed by atoms with Gasteiger partial charge in [-0.25, -0.2) is 4.39 Å². The molecule has 2 aromatic carbocycles. The van der Waals surface area contributed by atoms with Gasteiger partial charge >= 0.3 is 0 Å². The van der Waals surface area contributed by atoms with Crippen LogP contribution in [0.1, 0.15) is 23.0 Å². The van der Waals surface area contributed by atoms with Crippen LogP contribution in [0.15, 0.2) is 42.5 Å². The molecule has 0 aromatic heterocycles. The molecule has 0 saturated heterocycles. The van der Waals surface area contributed by atoms with Gasteiger partial charge < -0.3 is 14.4 Å². The van der Waals surface area contributed by atoms with Gasteiger partial charge in [-0.3, -0.25) is 0 Å². The lowest BCUT2D eigenvalue weighted by Crippen LogP contribution is -2.20. The van der Waals surface area contributed by atoms with Gasteiger partial charge in [0.1, 0.15) is 15.9 Å². The molecule has 0 bridgehead atoms. The summed E-state index contributed by atoms with van der Waals surface area (Å²) in [6, 6.07) is 12.7. The SMILES string of the molecule is CN(C)C(=S)SCc1cc(F)cc2c1O[C@@H](c1ccccc1)OC2. The average molecular weight is 363 g/mol. The molecule has 24 heavy (non-hydrogen) atoms. The predicted octanol–water partition coefficient (Wildman–Crippen LogP) is 4.51. The Hall–Kier alpha value is -1.63. The van der Waals surface area contributed by atoms with Gasteiger partial charge in [0.25, 0.3) is 0 Å². The van der Waals surface area contributed by atoms with Gasteiger partial charge in [0.05, 0.1) is 6.61 Å². The molecule has 0 fully saturated rings. The molecule has 0 unspecified atom stereocenters. The van der Waals surface area contributed by atoms with Crippen LogP contribution in [0.2, 0.25) is 0 Å². The monoisotopic (exact) mass is 363 g/mol. The first-order valence-corrected chi connectivity index (χ1v) is 8.92. The minimum absolute atomic E-state index is 0.287. The van der Waals surface area contributed by atoms with Crippen molar-refractivity contribution >= 4 is 28.3 Å². The van der Waals surface area contributed by atoms with Crippen LogP contribution < -0.4 is 4.74 Å². The average Bonchev–Trinajstić information content (AvgIpc) is 2.59. The van der Waals surface area contributed by atoms with Crippen LogP contribution in [0.25, 0.3) is 0 Å². The van der Waals surface area contributed by atoms with E-state index in [9.17, 15) is 4.39 Å². The molecule has 3 rings (SSSR count). The van der Waals surface area contributed by atoms with Crippen molar-refractivity contribution in [3.05, 3.63) is 65.0 Å². The Labute approximate surface area is 150 Å². The lowest BCUT2D eigenvalue weighted by Gasteiger charge is -2.28. The van der Waals surface area contributed by atoms with E-state index in [2.05, 4.69) is 0 Å². The second-order valence-corrected chi connectivity index (χ2v) is 7.28. The van der Waals surface area contributed by atoms with Crippen LogP contribution in [-0.4, -0.2) is 23.3 Å². The summed E-state index contributed by atoms with van der Waals surface area (Å²) < 4.78 is 26.4. The van der Waals surface area contributed by atoms with Gasteiger partial charge in [-0.15, -0.1) is 0 Å². The maximum Gasteiger partial charge on any atom is 0.227 e. The maximum absolute atomic E-state index is 13.9. The number of fused-ring (bicyclic) bond motifs is 1. The van der Waals surface area contributed by atoms with Crippen molar-refractivity contribution in [2.45, 2.75) is 18.6 Å². The minimum atomic E-state index is -0.478. The molecule has 2 aromatic rings. The number of thioether (sulfide) groups is 1. The van der Waals surface area contributed by atoms with Gasteiger partial charge in [-0.2, -0.15) is 0 Å². The zero-order valence-corrected chi connectivity index (χ0v) is 15.1. The van der Waals surface area contributed by atoms with Crippen molar-refractivity contribution in [1.82, 2.24) is 4.90 Å². The van der Waals surface area contributed by atoms with Crippen molar-refractivity contribution in [1.29, 1.82) is 0 Å². The Kier molecular flexibility index (Phi) is 5.38. The molecule has 0 amide bonds. The number of benzene rings is 2. The van der Waals surface area contributed by atoms with E-state index >= 15 is 0 Å². The highest BCUT2D eigenvalue weighted by Crippen LogP contribution is 2.38. The first-order valence-electron chi connectivity index (χ1n) is 7.53. The van der Waals surface area contributed by atoms with Crippen LogP contribution >= 0.6 is 24.0 Å². The van der Waals surface area contributed by atoms with Gasteiger partial charge in [0.15, 0.2) is 0 Å². The Morgan fingerprint density at radius 3 is 2.75 bits per heavy atom. The van der Waals surface area contributed by atoms with Gasteiger partial charge in [0, 0.05) is 36.5 Å². The fourth-order valence-corrected chi connectivity index (χ4v) is 3.36. The number of hydrogen-bond acceptors (Lipinski definition) is 4. The van der Waals surface area contributed by atoms with Crippen molar-refractivity contribution < 1.29 is 13.9 Å². The highest BCUT2D eigenvalue weighted by Gasteiger charge is 2.25. The fourth-order valence-electron chi connectivity index (χ4n) is 2.43. The minimum Gasteiger partial charge on any atom is -0.460 e. The molecule has 0 aliphatic carbocycles. The second kappa shape index (κ2) is 7.51. The van der Waals surface area contributed by atoms with Gasteiger partial charge in [-0.05, 0) is 12.1 Å². The number of thiocarbonyl (C=S) groups is 1. The highest BCUT2D eigenvalue weighted by molar-refractivity contribution is 8.22. The Bertz CT molecular complexity index is 737. The first-order chi connectivity index (χ1) is 11.5. The molecule has 1 heterocycles. The first kappa shape index (κ1) is 17.2. The Balaban J connectivity index is 1.84. The Morgan fingerprint density at radius 2 is 2.04 bits per heavy atom. The number of halogens is 1. The summed E-state index contributed by atoms with van der Waals surface area (Å²) in [5, 5.41) is 0. The molecule has 126 valence electrons. The molecule has 3 nitrogen and oxygen atoms in total. The Morgan fingerprint density at radius 1 is 1.29 bits per heavy atom. The van der Waals surface area contributed by atoms with E-state index in [0.29, 0.717) is 18.1 Å². The standard InChI is InChI=1S/C18H18FNO2S2/c1-20(2)18(23)24-11-14-9-15(19)8-13-10-21-17(22-16(13)14)12-6-4-3-5-7-12/h3-9,17H,10-11H2,1-2H3/t17-/m0/s1.